The number of fused-ring (bicyclic) bond motifs is 1. The fourth-order valence-corrected chi connectivity index (χ4v) is 8.15. The predicted molar refractivity (Wildman–Crippen MR) is 127 cm³/mol. The van der Waals surface area contributed by atoms with Gasteiger partial charge in [-0.2, -0.15) is 4.31 Å². The molecule has 1 aromatic heterocycles. The lowest BCUT2D eigenvalue weighted by Gasteiger charge is -2.37. The third-order valence-electron chi connectivity index (χ3n) is 7.93. The standard InChI is InChI=1S/C25H27F2N5O2S/c1-16-7-10-22(17-5-3-2-4-6-17)35(33,34)32(16)11-18-8-9-21(24(27)23(18)26)30-12-19-20(13-30)25(19)31-14-28-29-15-31/h2-6,8-9,14-16,19-20,22,25H,7,10-13H2,1H3/t16?,19-,20+,22?,25?. The van der Waals surface area contributed by atoms with E-state index in [0.717, 1.165) is 5.56 Å². The van der Waals surface area contributed by atoms with Gasteiger partial charge in [-0.25, -0.2) is 17.2 Å². The highest BCUT2D eigenvalue weighted by Crippen LogP contribution is 2.56. The number of nitrogens with zero attached hydrogens (tertiary/aromatic N) is 5. The molecule has 2 aliphatic heterocycles. The Morgan fingerprint density at radius 2 is 1.63 bits per heavy atom. The minimum Gasteiger partial charge on any atom is -0.368 e. The summed E-state index contributed by atoms with van der Waals surface area (Å²) in [7, 11) is -3.73. The van der Waals surface area contributed by atoms with Gasteiger partial charge in [0.05, 0.1) is 5.69 Å². The molecule has 0 spiro atoms. The summed E-state index contributed by atoms with van der Waals surface area (Å²) in [6, 6.07) is 12.2. The number of sulfonamides is 1. The number of anilines is 1. The molecule has 3 heterocycles. The topological polar surface area (TPSA) is 71.3 Å². The highest BCUT2D eigenvalue weighted by molar-refractivity contribution is 7.89. The number of halogens is 2. The third-order valence-corrected chi connectivity index (χ3v) is 10.3. The first-order chi connectivity index (χ1) is 16.9. The zero-order valence-corrected chi connectivity index (χ0v) is 20.2. The molecule has 0 bridgehead atoms. The molecule has 0 N–H and O–H groups in total. The summed E-state index contributed by atoms with van der Waals surface area (Å²) in [6.07, 6.45) is 4.55. The van der Waals surface area contributed by atoms with Crippen molar-refractivity contribution in [1.29, 1.82) is 0 Å². The van der Waals surface area contributed by atoms with E-state index in [1.165, 1.54) is 10.4 Å². The second-order valence-electron chi connectivity index (χ2n) is 9.92. The van der Waals surface area contributed by atoms with Gasteiger partial charge in [0, 0.05) is 49.1 Å². The number of aromatic nitrogens is 3. The minimum atomic E-state index is -3.73. The molecule has 10 heteroatoms. The van der Waals surface area contributed by atoms with Crippen molar-refractivity contribution >= 4 is 15.7 Å². The molecule has 1 saturated carbocycles. The Kier molecular flexibility index (Phi) is 5.41. The zero-order valence-electron chi connectivity index (χ0n) is 19.3. The van der Waals surface area contributed by atoms with E-state index in [1.807, 2.05) is 34.6 Å². The fourth-order valence-electron chi connectivity index (χ4n) is 5.96. The van der Waals surface area contributed by atoms with E-state index < -0.39 is 26.9 Å². The lowest BCUT2D eigenvalue weighted by molar-refractivity contribution is 0.278. The lowest BCUT2D eigenvalue weighted by atomic mass is 10.0. The van der Waals surface area contributed by atoms with Gasteiger partial charge in [-0.05, 0) is 31.4 Å². The van der Waals surface area contributed by atoms with Crippen LogP contribution in [0.5, 0.6) is 0 Å². The Morgan fingerprint density at radius 3 is 2.31 bits per heavy atom. The van der Waals surface area contributed by atoms with Crippen LogP contribution in [-0.2, 0) is 16.6 Å². The van der Waals surface area contributed by atoms with Crippen LogP contribution >= 0.6 is 0 Å². The van der Waals surface area contributed by atoms with Gasteiger partial charge in [0.1, 0.15) is 17.9 Å². The van der Waals surface area contributed by atoms with Crippen molar-refractivity contribution in [3.63, 3.8) is 0 Å². The molecule has 2 aromatic carbocycles. The number of piperidine rings is 1. The van der Waals surface area contributed by atoms with E-state index >= 15 is 8.78 Å². The third kappa shape index (κ3) is 3.74. The van der Waals surface area contributed by atoms with Gasteiger partial charge in [0.25, 0.3) is 0 Å². The maximum absolute atomic E-state index is 15.2. The molecule has 1 aliphatic carbocycles. The van der Waals surface area contributed by atoms with Gasteiger partial charge in [-0.3, -0.25) is 0 Å². The van der Waals surface area contributed by atoms with Crippen LogP contribution in [0.4, 0.5) is 14.5 Å². The molecule has 184 valence electrons. The molecule has 3 aliphatic rings. The second kappa shape index (κ2) is 8.37. The molecule has 3 fully saturated rings. The van der Waals surface area contributed by atoms with Gasteiger partial charge >= 0.3 is 0 Å². The van der Waals surface area contributed by atoms with Crippen LogP contribution in [0.25, 0.3) is 0 Å². The molecule has 5 atom stereocenters. The maximum Gasteiger partial charge on any atom is 0.221 e. The SMILES string of the molecule is CC1CCC(c2ccccc2)S(=O)(=O)N1Cc1ccc(N2C[C@@H]3C(n4cnnc4)[C@@H]3C2)c(F)c1F. The van der Waals surface area contributed by atoms with E-state index in [-0.39, 0.29) is 23.8 Å². The molecule has 3 unspecified atom stereocenters. The minimum absolute atomic E-state index is 0.0575. The van der Waals surface area contributed by atoms with Crippen molar-refractivity contribution in [2.75, 3.05) is 18.0 Å². The Bertz CT molecular complexity index is 1320. The normalized spacial score (nSPS) is 29.8. The summed E-state index contributed by atoms with van der Waals surface area (Å²) in [4.78, 5) is 1.88. The van der Waals surface area contributed by atoms with Crippen molar-refractivity contribution in [2.24, 2.45) is 11.8 Å². The van der Waals surface area contributed by atoms with Crippen molar-refractivity contribution in [3.8, 4) is 0 Å². The summed E-state index contributed by atoms with van der Waals surface area (Å²) in [5, 5.41) is 7.02. The van der Waals surface area contributed by atoms with Gasteiger partial charge in [0.15, 0.2) is 11.6 Å². The van der Waals surface area contributed by atoms with Crippen molar-refractivity contribution in [1.82, 2.24) is 19.1 Å². The second-order valence-corrected chi connectivity index (χ2v) is 12.0. The number of hydrogen-bond acceptors (Lipinski definition) is 5. The average Bonchev–Trinajstić information content (AvgIpc) is 3.22. The van der Waals surface area contributed by atoms with Gasteiger partial charge in [-0.15, -0.1) is 10.2 Å². The van der Waals surface area contributed by atoms with Crippen LogP contribution in [0.15, 0.2) is 55.1 Å². The highest BCUT2D eigenvalue weighted by Gasteiger charge is 2.57. The smallest absolute Gasteiger partial charge is 0.221 e. The largest absolute Gasteiger partial charge is 0.368 e. The van der Waals surface area contributed by atoms with Gasteiger partial charge in [0.2, 0.25) is 10.0 Å². The maximum atomic E-state index is 15.2. The summed E-state index contributed by atoms with van der Waals surface area (Å²) >= 11 is 0. The van der Waals surface area contributed by atoms with Crippen LogP contribution < -0.4 is 4.90 Å². The molecule has 7 nitrogen and oxygen atoms in total. The first kappa shape index (κ1) is 22.6. The van der Waals surface area contributed by atoms with Crippen molar-refractivity contribution in [2.45, 2.75) is 43.6 Å². The van der Waals surface area contributed by atoms with Crippen LogP contribution in [0.3, 0.4) is 0 Å². The Balaban J connectivity index is 1.21. The van der Waals surface area contributed by atoms with Crippen LogP contribution in [0.1, 0.15) is 42.2 Å². The van der Waals surface area contributed by atoms with E-state index in [1.54, 1.807) is 30.9 Å². The predicted octanol–water partition coefficient (Wildman–Crippen LogP) is 3.92. The molecule has 6 rings (SSSR count). The van der Waals surface area contributed by atoms with Crippen LogP contribution in [0.2, 0.25) is 0 Å². The molecule has 2 saturated heterocycles. The Labute approximate surface area is 203 Å². The van der Waals surface area contributed by atoms with Gasteiger partial charge in [-0.1, -0.05) is 36.4 Å². The summed E-state index contributed by atoms with van der Waals surface area (Å²) in [5.74, 6) is -1.15. The number of rotatable bonds is 5. The number of benzene rings is 2. The summed E-state index contributed by atoms with van der Waals surface area (Å²) in [6.45, 7) is 2.92. The van der Waals surface area contributed by atoms with E-state index in [9.17, 15) is 8.42 Å². The molecule has 3 aromatic rings. The van der Waals surface area contributed by atoms with E-state index in [2.05, 4.69) is 10.2 Å². The lowest BCUT2D eigenvalue weighted by Crippen LogP contribution is -2.44. The Morgan fingerprint density at radius 1 is 0.943 bits per heavy atom. The monoisotopic (exact) mass is 499 g/mol. The van der Waals surface area contributed by atoms with Crippen molar-refractivity contribution < 1.29 is 17.2 Å². The average molecular weight is 500 g/mol. The molecular formula is C25H27F2N5O2S. The van der Waals surface area contributed by atoms with E-state index in [4.69, 9.17) is 0 Å². The molecule has 35 heavy (non-hydrogen) atoms. The molecular weight excluding hydrogens is 472 g/mol. The van der Waals surface area contributed by atoms with Crippen molar-refractivity contribution in [3.05, 3.63) is 77.9 Å². The first-order valence-corrected chi connectivity index (χ1v) is 13.5. The zero-order chi connectivity index (χ0) is 24.3. The first-order valence-electron chi connectivity index (χ1n) is 12.0. The fraction of sp³-hybridized carbons (Fsp3) is 0.440. The number of hydrogen-bond donors (Lipinski definition) is 0. The Hall–Kier alpha value is -2.85. The molecule has 0 radical (unpaired) electrons. The highest BCUT2D eigenvalue weighted by atomic mass is 32.2. The quantitative estimate of drug-likeness (QED) is 0.532. The van der Waals surface area contributed by atoms with Crippen LogP contribution in [0, 0.1) is 23.5 Å². The van der Waals surface area contributed by atoms with Gasteiger partial charge < -0.3 is 9.47 Å². The summed E-state index contributed by atoms with van der Waals surface area (Å²) in [5.41, 5.74) is 1.02. The molecule has 0 amide bonds. The van der Waals surface area contributed by atoms with Crippen LogP contribution in [-0.4, -0.2) is 46.6 Å². The summed E-state index contributed by atoms with van der Waals surface area (Å²) < 4.78 is 60.7. The van der Waals surface area contributed by atoms with E-state index in [0.29, 0.717) is 43.8 Å².